The fourth-order valence-corrected chi connectivity index (χ4v) is 5.80. The van der Waals surface area contributed by atoms with Crippen LogP contribution < -0.4 is 10.1 Å². The Hall–Kier alpha value is -3.45. The van der Waals surface area contributed by atoms with Crippen LogP contribution in [0.4, 0.5) is 5.82 Å². The Morgan fingerprint density at radius 1 is 0.975 bits per heavy atom. The van der Waals surface area contributed by atoms with Crippen LogP contribution in [0.25, 0.3) is 0 Å². The number of hydrogen-bond acceptors (Lipinski definition) is 6. The fraction of sp³-hybridized carbons (Fsp3) is 0.485. The summed E-state index contributed by atoms with van der Waals surface area (Å²) in [5, 5.41) is 3.42. The molecule has 1 unspecified atom stereocenters. The van der Waals surface area contributed by atoms with Crippen molar-refractivity contribution in [2.75, 3.05) is 38.1 Å². The first-order valence-corrected chi connectivity index (χ1v) is 14.6. The van der Waals surface area contributed by atoms with E-state index < -0.39 is 0 Å². The Bertz CT molecular complexity index is 1260. The highest BCUT2D eigenvalue weighted by Crippen LogP contribution is 2.27. The standard InChI is InChI=1S/C33H43N5O2/c1-24-30(35-23-36-31(24)34-20-25-10-12-27(13-11-25)33(2,3)4)32(39)37-18-15-28(16-19-37)38-17-14-26(21-38)22-40-29-8-6-5-7-9-29/h5-13,23,26,28H,14-22H2,1-4H3,(H,34,35,36). The molecule has 0 aliphatic carbocycles. The normalized spacial score (nSPS) is 18.6. The second-order valence-electron chi connectivity index (χ2n) is 12.3. The lowest BCUT2D eigenvalue weighted by molar-refractivity contribution is 0.0632. The molecule has 0 saturated carbocycles. The predicted molar refractivity (Wildman–Crippen MR) is 160 cm³/mol. The average Bonchev–Trinajstić information content (AvgIpc) is 3.45. The Labute approximate surface area is 239 Å². The number of piperidine rings is 1. The van der Waals surface area contributed by atoms with Gasteiger partial charge in [-0.15, -0.1) is 0 Å². The lowest BCUT2D eigenvalue weighted by Gasteiger charge is -2.36. The minimum Gasteiger partial charge on any atom is -0.493 e. The molecule has 0 radical (unpaired) electrons. The number of rotatable bonds is 8. The molecule has 212 valence electrons. The first kappa shape index (κ1) is 28.1. The molecular weight excluding hydrogens is 498 g/mol. The number of benzene rings is 2. The molecule has 1 amide bonds. The highest BCUT2D eigenvalue weighted by atomic mass is 16.5. The molecular formula is C33H43N5O2. The number of aromatic nitrogens is 2. The fourth-order valence-electron chi connectivity index (χ4n) is 5.80. The van der Waals surface area contributed by atoms with Crippen LogP contribution in [-0.4, -0.2) is 64.5 Å². The SMILES string of the molecule is Cc1c(NCc2ccc(C(C)(C)C)cc2)ncnc1C(=O)N1CCC(N2CCC(COc3ccccc3)C2)CC1. The van der Waals surface area contributed by atoms with Gasteiger partial charge in [0, 0.05) is 43.7 Å². The zero-order chi connectivity index (χ0) is 28.1. The highest BCUT2D eigenvalue weighted by molar-refractivity contribution is 5.94. The molecule has 3 aromatic rings. The molecule has 2 aliphatic rings. The largest absolute Gasteiger partial charge is 0.493 e. The van der Waals surface area contributed by atoms with Gasteiger partial charge in [0.05, 0.1) is 6.61 Å². The van der Waals surface area contributed by atoms with E-state index in [1.807, 2.05) is 42.2 Å². The van der Waals surface area contributed by atoms with Gasteiger partial charge < -0.3 is 15.0 Å². The van der Waals surface area contributed by atoms with Crippen molar-refractivity contribution in [2.24, 2.45) is 5.92 Å². The van der Waals surface area contributed by atoms with Crippen LogP contribution >= 0.6 is 0 Å². The van der Waals surface area contributed by atoms with E-state index in [9.17, 15) is 4.79 Å². The van der Waals surface area contributed by atoms with Crippen molar-refractivity contribution >= 4 is 11.7 Å². The summed E-state index contributed by atoms with van der Waals surface area (Å²) in [7, 11) is 0. The number of likely N-dealkylation sites (tertiary alicyclic amines) is 2. The monoisotopic (exact) mass is 541 g/mol. The van der Waals surface area contributed by atoms with E-state index in [1.165, 1.54) is 23.9 Å². The van der Waals surface area contributed by atoms with Gasteiger partial charge in [-0.2, -0.15) is 0 Å². The molecule has 1 N–H and O–H groups in total. The molecule has 2 saturated heterocycles. The Morgan fingerprint density at radius 3 is 2.40 bits per heavy atom. The summed E-state index contributed by atoms with van der Waals surface area (Å²) in [6.07, 6.45) is 4.66. The topological polar surface area (TPSA) is 70.6 Å². The zero-order valence-electron chi connectivity index (χ0n) is 24.4. The van der Waals surface area contributed by atoms with E-state index in [0.29, 0.717) is 30.0 Å². The van der Waals surface area contributed by atoms with Crippen molar-refractivity contribution in [1.82, 2.24) is 19.8 Å². The van der Waals surface area contributed by atoms with Gasteiger partial charge in [-0.1, -0.05) is 63.2 Å². The number of para-hydroxylation sites is 1. The molecule has 5 rings (SSSR count). The van der Waals surface area contributed by atoms with Gasteiger partial charge in [0.15, 0.2) is 0 Å². The Kier molecular flexibility index (Phi) is 8.69. The molecule has 0 bridgehead atoms. The van der Waals surface area contributed by atoms with Crippen LogP contribution in [-0.2, 0) is 12.0 Å². The maximum atomic E-state index is 13.5. The molecule has 3 heterocycles. The van der Waals surface area contributed by atoms with Crippen LogP contribution in [0.2, 0.25) is 0 Å². The van der Waals surface area contributed by atoms with Crippen LogP contribution in [0, 0.1) is 12.8 Å². The van der Waals surface area contributed by atoms with E-state index in [0.717, 1.165) is 56.9 Å². The number of ether oxygens (including phenoxy) is 1. The third kappa shape index (κ3) is 6.81. The van der Waals surface area contributed by atoms with Crippen LogP contribution in [0.5, 0.6) is 5.75 Å². The summed E-state index contributed by atoms with van der Waals surface area (Å²) < 4.78 is 6.01. The smallest absolute Gasteiger partial charge is 0.272 e. The Morgan fingerprint density at radius 2 is 1.70 bits per heavy atom. The van der Waals surface area contributed by atoms with Crippen LogP contribution in [0.3, 0.4) is 0 Å². The van der Waals surface area contributed by atoms with Crippen molar-refractivity contribution in [3.8, 4) is 5.75 Å². The number of amides is 1. The van der Waals surface area contributed by atoms with Gasteiger partial charge in [0.2, 0.25) is 0 Å². The quantitative estimate of drug-likeness (QED) is 0.395. The van der Waals surface area contributed by atoms with E-state index in [2.05, 4.69) is 65.2 Å². The molecule has 2 aliphatic heterocycles. The zero-order valence-corrected chi connectivity index (χ0v) is 24.4. The van der Waals surface area contributed by atoms with Crippen molar-refractivity contribution in [1.29, 1.82) is 0 Å². The molecule has 2 fully saturated rings. The van der Waals surface area contributed by atoms with Gasteiger partial charge in [0.25, 0.3) is 5.91 Å². The first-order valence-electron chi connectivity index (χ1n) is 14.6. The summed E-state index contributed by atoms with van der Waals surface area (Å²) in [4.78, 5) is 26.9. The maximum absolute atomic E-state index is 13.5. The molecule has 7 nitrogen and oxygen atoms in total. The molecule has 1 aromatic heterocycles. The van der Waals surface area contributed by atoms with Crippen LogP contribution in [0.1, 0.15) is 67.2 Å². The lowest BCUT2D eigenvalue weighted by atomic mass is 9.87. The minimum atomic E-state index is 0.00601. The van der Waals surface area contributed by atoms with Gasteiger partial charge >= 0.3 is 0 Å². The maximum Gasteiger partial charge on any atom is 0.272 e. The van der Waals surface area contributed by atoms with E-state index in [1.54, 1.807) is 0 Å². The molecule has 40 heavy (non-hydrogen) atoms. The number of anilines is 1. The van der Waals surface area contributed by atoms with Crippen molar-refractivity contribution < 1.29 is 9.53 Å². The third-order valence-electron chi connectivity index (χ3n) is 8.38. The minimum absolute atomic E-state index is 0.00601. The number of hydrogen-bond donors (Lipinski definition) is 1. The first-order chi connectivity index (χ1) is 19.3. The molecule has 2 aromatic carbocycles. The van der Waals surface area contributed by atoms with Gasteiger partial charge in [0.1, 0.15) is 23.6 Å². The third-order valence-corrected chi connectivity index (χ3v) is 8.38. The second kappa shape index (κ2) is 12.4. The summed E-state index contributed by atoms with van der Waals surface area (Å²) in [5.41, 5.74) is 3.93. The van der Waals surface area contributed by atoms with Crippen molar-refractivity contribution in [2.45, 2.75) is 65.0 Å². The predicted octanol–water partition coefficient (Wildman–Crippen LogP) is 5.70. The molecule has 7 heteroatoms. The number of carbonyl (C=O) groups excluding carboxylic acids is 1. The highest BCUT2D eigenvalue weighted by Gasteiger charge is 2.33. The van der Waals surface area contributed by atoms with Gasteiger partial charge in [-0.3, -0.25) is 9.69 Å². The molecule has 1 atom stereocenters. The van der Waals surface area contributed by atoms with Crippen LogP contribution in [0.15, 0.2) is 60.9 Å². The summed E-state index contributed by atoms with van der Waals surface area (Å²) in [6, 6.07) is 19.3. The Balaban J connectivity index is 1.11. The van der Waals surface area contributed by atoms with Crippen molar-refractivity contribution in [3.05, 3.63) is 83.3 Å². The van der Waals surface area contributed by atoms with Crippen molar-refractivity contribution in [3.63, 3.8) is 0 Å². The number of carbonyl (C=O) groups is 1. The number of nitrogens with one attached hydrogen (secondary N) is 1. The lowest BCUT2D eigenvalue weighted by Crippen LogP contribution is -2.46. The number of nitrogens with zero attached hydrogens (tertiary/aromatic N) is 4. The van der Waals surface area contributed by atoms with E-state index >= 15 is 0 Å². The summed E-state index contributed by atoms with van der Waals surface area (Å²) in [6.45, 7) is 13.7. The van der Waals surface area contributed by atoms with E-state index in [4.69, 9.17) is 4.74 Å². The summed E-state index contributed by atoms with van der Waals surface area (Å²) >= 11 is 0. The second-order valence-corrected chi connectivity index (χ2v) is 12.3. The van der Waals surface area contributed by atoms with Gasteiger partial charge in [-0.25, -0.2) is 9.97 Å². The van der Waals surface area contributed by atoms with E-state index in [-0.39, 0.29) is 11.3 Å². The van der Waals surface area contributed by atoms with Gasteiger partial charge in [-0.05, 0) is 61.4 Å². The summed E-state index contributed by atoms with van der Waals surface area (Å²) in [5.74, 6) is 2.23. The molecule has 0 spiro atoms. The average molecular weight is 542 g/mol.